The first-order chi connectivity index (χ1) is 12.0. The van der Waals surface area contributed by atoms with Crippen molar-refractivity contribution in [3.8, 4) is 0 Å². The number of anilines is 1. The summed E-state index contributed by atoms with van der Waals surface area (Å²) in [7, 11) is 0. The van der Waals surface area contributed by atoms with Crippen LogP contribution in [0.4, 0.5) is 5.00 Å². The molecule has 1 amide bonds. The van der Waals surface area contributed by atoms with E-state index in [-0.39, 0.29) is 11.7 Å². The van der Waals surface area contributed by atoms with Crippen LogP contribution in [0.15, 0.2) is 11.5 Å². The van der Waals surface area contributed by atoms with Crippen molar-refractivity contribution in [3.63, 3.8) is 0 Å². The van der Waals surface area contributed by atoms with Crippen molar-refractivity contribution in [2.24, 2.45) is 0 Å². The van der Waals surface area contributed by atoms with Crippen LogP contribution >= 0.6 is 23.1 Å². The minimum Gasteiger partial charge on any atom is -0.462 e. The Morgan fingerprint density at radius 3 is 2.76 bits per heavy atom. The highest BCUT2D eigenvalue weighted by molar-refractivity contribution is 7.99. The number of esters is 1. The van der Waals surface area contributed by atoms with Gasteiger partial charge in [-0.3, -0.25) is 4.79 Å². The number of ether oxygens (including phenoxy) is 1. The number of hydrogen-bond donors (Lipinski definition) is 1. The van der Waals surface area contributed by atoms with E-state index in [0.29, 0.717) is 22.3 Å². The van der Waals surface area contributed by atoms with Gasteiger partial charge in [-0.05, 0) is 32.8 Å². The highest BCUT2D eigenvalue weighted by Crippen LogP contribution is 2.34. The lowest BCUT2D eigenvalue weighted by Crippen LogP contribution is -2.16. The molecule has 7 nitrogen and oxygen atoms in total. The average Bonchev–Trinajstić information content (AvgIpc) is 3.16. The molecule has 0 spiro atoms. The largest absolute Gasteiger partial charge is 0.462 e. The van der Waals surface area contributed by atoms with Crippen LogP contribution in [-0.2, 0) is 22.5 Å². The highest BCUT2D eigenvalue weighted by atomic mass is 32.2. The molecule has 0 fully saturated rings. The smallest absolute Gasteiger partial charge is 0.341 e. The summed E-state index contributed by atoms with van der Waals surface area (Å²) in [6.45, 7) is 8.70. The molecule has 2 aromatic rings. The third-order valence-electron chi connectivity index (χ3n) is 3.55. The normalized spacial score (nSPS) is 10.7. The molecule has 0 aliphatic heterocycles. The molecule has 2 rings (SSSR count). The van der Waals surface area contributed by atoms with Crippen molar-refractivity contribution in [2.45, 2.75) is 45.8 Å². The summed E-state index contributed by atoms with van der Waals surface area (Å²) in [4.78, 5) is 25.6. The summed E-state index contributed by atoms with van der Waals surface area (Å²) in [6.07, 6.45) is 2.43. The zero-order valence-electron chi connectivity index (χ0n) is 14.8. The van der Waals surface area contributed by atoms with E-state index in [9.17, 15) is 9.59 Å². The Kier molecular flexibility index (Phi) is 7.01. The molecule has 0 atom stereocenters. The van der Waals surface area contributed by atoms with Gasteiger partial charge in [0.2, 0.25) is 5.91 Å². The second-order valence-corrected chi connectivity index (χ2v) is 7.21. The maximum atomic E-state index is 12.3. The second kappa shape index (κ2) is 9.00. The van der Waals surface area contributed by atoms with Crippen LogP contribution in [0, 0.1) is 6.92 Å². The minimum atomic E-state index is -0.398. The number of aryl methyl sites for hydroxylation is 2. The Balaban J connectivity index is 2.10. The molecule has 0 saturated heterocycles. The summed E-state index contributed by atoms with van der Waals surface area (Å²) in [5.74, 6) is -0.394. The lowest BCUT2D eigenvalue weighted by molar-refractivity contribution is -0.113. The van der Waals surface area contributed by atoms with E-state index < -0.39 is 5.97 Å². The summed E-state index contributed by atoms with van der Waals surface area (Å²) < 4.78 is 7.00. The number of carbonyl (C=O) groups is 2. The first kappa shape index (κ1) is 19.5. The number of thioether (sulfide) groups is 1. The van der Waals surface area contributed by atoms with E-state index in [1.807, 2.05) is 25.3 Å². The molecule has 2 aromatic heterocycles. The first-order valence-corrected chi connectivity index (χ1v) is 9.91. The quantitative estimate of drug-likeness (QED) is 0.558. The van der Waals surface area contributed by atoms with Gasteiger partial charge in [-0.1, -0.05) is 18.7 Å². The van der Waals surface area contributed by atoms with Crippen LogP contribution in [0.2, 0.25) is 0 Å². The average molecular weight is 383 g/mol. The van der Waals surface area contributed by atoms with Crippen LogP contribution in [0.5, 0.6) is 0 Å². The molecular formula is C16H22N4O3S2. The van der Waals surface area contributed by atoms with E-state index in [2.05, 4.69) is 15.5 Å². The van der Waals surface area contributed by atoms with Crippen molar-refractivity contribution in [1.29, 1.82) is 0 Å². The van der Waals surface area contributed by atoms with E-state index in [1.54, 1.807) is 13.3 Å². The van der Waals surface area contributed by atoms with Crippen molar-refractivity contribution < 1.29 is 14.3 Å². The van der Waals surface area contributed by atoms with Crippen molar-refractivity contribution in [2.75, 3.05) is 17.7 Å². The Morgan fingerprint density at radius 2 is 2.12 bits per heavy atom. The number of thiophene rings is 1. The van der Waals surface area contributed by atoms with Gasteiger partial charge in [-0.2, -0.15) is 0 Å². The third kappa shape index (κ3) is 4.60. The van der Waals surface area contributed by atoms with E-state index in [0.717, 1.165) is 23.4 Å². The summed E-state index contributed by atoms with van der Waals surface area (Å²) >= 11 is 2.74. The molecule has 2 heterocycles. The minimum absolute atomic E-state index is 0.190. The molecule has 0 unspecified atom stereocenters. The van der Waals surface area contributed by atoms with Crippen LogP contribution in [0.1, 0.15) is 41.6 Å². The molecule has 0 saturated carbocycles. The predicted molar refractivity (Wildman–Crippen MR) is 99.4 cm³/mol. The van der Waals surface area contributed by atoms with Gasteiger partial charge in [0.05, 0.1) is 17.9 Å². The van der Waals surface area contributed by atoms with Gasteiger partial charge in [0.1, 0.15) is 11.3 Å². The maximum absolute atomic E-state index is 12.3. The van der Waals surface area contributed by atoms with E-state index in [1.165, 1.54) is 23.1 Å². The monoisotopic (exact) mass is 382 g/mol. The van der Waals surface area contributed by atoms with Crippen LogP contribution in [0.25, 0.3) is 0 Å². The molecule has 0 radical (unpaired) electrons. The van der Waals surface area contributed by atoms with E-state index in [4.69, 9.17) is 4.74 Å². The number of nitrogens with one attached hydrogen (secondary N) is 1. The third-order valence-corrected chi connectivity index (χ3v) is 5.88. The number of rotatable bonds is 8. The Morgan fingerprint density at radius 1 is 1.36 bits per heavy atom. The predicted octanol–water partition coefficient (Wildman–Crippen LogP) is 3.14. The van der Waals surface area contributed by atoms with Gasteiger partial charge in [-0.15, -0.1) is 21.5 Å². The lowest BCUT2D eigenvalue weighted by Gasteiger charge is -2.07. The number of hydrogen-bond acceptors (Lipinski definition) is 7. The first-order valence-electron chi connectivity index (χ1n) is 8.11. The number of carbonyl (C=O) groups excluding carboxylic acids is 2. The number of nitrogens with zero attached hydrogens (tertiary/aromatic N) is 3. The highest BCUT2D eigenvalue weighted by Gasteiger charge is 2.23. The maximum Gasteiger partial charge on any atom is 0.341 e. The summed E-state index contributed by atoms with van der Waals surface area (Å²) in [5.41, 5.74) is 1.33. The number of aromatic nitrogens is 3. The van der Waals surface area contributed by atoms with Gasteiger partial charge in [0.15, 0.2) is 5.16 Å². The topological polar surface area (TPSA) is 86.1 Å². The fraction of sp³-hybridized carbons (Fsp3) is 0.500. The Labute approximate surface area is 155 Å². The molecule has 0 aliphatic carbocycles. The zero-order valence-corrected chi connectivity index (χ0v) is 16.4. The summed E-state index contributed by atoms with van der Waals surface area (Å²) in [5, 5.41) is 11.9. The molecule has 1 N–H and O–H groups in total. The molecule has 0 aliphatic rings. The fourth-order valence-electron chi connectivity index (χ4n) is 2.30. The van der Waals surface area contributed by atoms with Gasteiger partial charge in [0, 0.05) is 11.4 Å². The molecule has 0 bridgehead atoms. The van der Waals surface area contributed by atoms with Crippen molar-refractivity contribution in [1.82, 2.24) is 14.8 Å². The van der Waals surface area contributed by atoms with Gasteiger partial charge in [0.25, 0.3) is 0 Å². The second-order valence-electron chi connectivity index (χ2n) is 5.16. The molecule has 9 heteroatoms. The molecule has 25 heavy (non-hydrogen) atoms. The molecule has 0 aromatic carbocycles. The number of amides is 1. The van der Waals surface area contributed by atoms with Crippen LogP contribution in [-0.4, -0.2) is 39.0 Å². The zero-order chi connectivity index (χ0) is 18.4. The van der Waals surface area contributed by atoms with Crippen LogP contribution < -0.4 is 5.32 Å². The molecular weight excluding hydrogens is 360 g/mol. The fourth-order valence-corrected chi connectivity index (χ4v) is 4.23. The van der Waals surface area contributed by atoms with Crippen molar-refractivity contribution >= 4 is 40.0 Å². The van der Waals surface area contributed by atoms with Gasteiger partial charge in [-0.25, -0.2) is 4.79 Å². The Bertz CT molecular complexity index is 755. The standard InChI is InChI=1S/C16H22N4O3S2/c1-5-11-10(4)13(15(22)23-7-3)14(25-11)18-12(21)8-24-16-19-17-9-20(16)6-2/h9H,5-8H2,1-4H3,(H,18,21). The van der Waals surface area contributed by atoms with Gasteiger partial charge >= 0.3 is 5.97 Å². The van der Waals surface area contributed by atoms with E-state index >= 15 is 0 Å². The molecule has 136 valence electrons. The van der Waals surface area contributed by atoms with Gasteiger partial charge < -0.3 is 14.6 Å². The van der Waals surface area contributed by atoms with Crippen LogP contribution in [0.3, 0.4) is 0 Å². The summed E-state index contributed by atoms with van der Waals surface area (Å²) in [6, 6.07) is 0. The Hall–Kier alpha value is -1.87. The lowest BCUT2D eigenvalue weighted by atomic mass is 10.1. The van der Waals surface area contributed by atoms with Crippen molar-refractivity contribution in [3.05, 3.63) is 22.3 Å². The SMILES string of the molecule is CCOC(=O)c1c(NC(=O)CSc2nncn2CC)sc(CC)c1C.